The molecule has 1 aliphatic heterocycles. The maximum absolute atomic E-state index is 12.2. The molecule has 0 radical (unpaired) electrons. The van der Waals surface area contributed by atoms with Crippen LogP contribution in [0.4, 0.5) is 0 Å². The standard InChI is InChI=1S/C13H18N2O3/c1-14-7-3-5-10(14)9-12(16)15-8-4-6-11(15)13(17)18-2/h3,5,7,11H,4,6,8-9H2,1-2H3/t11-/m0/s1. The van der Waals surface area contributed by atoms with Crippen molar-refractivity contribution in [1.82, 2.24) is 9.47 Å². The molecule has 0 saturated carbocycles. The Morgan fingerprint density at radius 2 is 2.28 bits per heavy atom. The fourth-order valence-corrected chi connectivity index (χ4v) is 2.38. The fourth-order valence-electron chi connectivity index (χ4n) is 2.38. The average Bonchev–Trinajstić information content (AvgIpc) is 2.98. The first kappa shape index (κ1) is 12.7. The minimum absolute atomic E-state index is 0.00954. The minimum atomic E-state index is -0.400. The topological polar surface area (TPSA) is 51.5 Å². The summed E-state index contributed by atoms with van der Waals surface area (Å²) in [5.41, 5.74) is 0.954. The van der Waals surface area contributed by atoms with Crippen molar-refractivity contribution in [1.29, 1.82) is 0 Å². The maximum atomic E-state index is 12.2. The lowest BCUT2D eigenvalue weighted by Crippen LogP contribution is -2.42. The lowest BCUT2D eigenvalue weighted by Gasteiger charge is -2.22. The highest BCUT2D eigenvalue weighted by Gasteiger charge is 2.34. The largest absolute Gasteiger partial charge is 0.467 e. The fraction of sp³-hybridized carbons (Fsp3) is 0.538. The third kappa shape index (κ3) is 2.39. The Morgan fingerprint density at radius 3 is 2.89 bits per heavy atom. The van der Waals surface area contributed by atoms with Crippen molar-refractivity contribution >= 4 is 11.9 Å². The Labute approximate surface area is 106 Å². The van der Waals surface area contributed by atoms with Gasteiger partial charge in [-0.2, -0.15) is 0 Å². The predicted octanol–water partition coefficient (Wildman–Crippen LogP) is 0.732. The summed E-state index contributed by atoms with van der Waals surface area (Å²) in [6.45, 7) is 0.642. The van der Waals surface area contributed by atoms with E-state index in [2.05, 4.69) is 0 Å². The Kier molecular flexibility index (Phi) is 3.69. The Balaban J connectivity index is 2.04. The van der Waals surface area contributed by atoms with Gasteiger partial charge in [0.2, 0.25) is 5.91 Å². The van der Waals surface area contributed by atoms with Gasteiger partial charge in [0.15, 0.2) is 0 Å². The molecule has 0 spiro atoms. The second-order valence-electron chi connectivity index (χ2n) is 4.56. The summed E-state index contributed by atoms with van der Waals surface area (Å²) in [7, 11) is 3.27. The molecule has 2 heterocycles. The molecule has 1 amide bonds. The molecule has 2 rings (SSSR count). The number of aryl methyl sites for hydroxylation is 1. The van der Waals surface area contributed by atoms with Crippen molar-refractivity contribution < 1.29 is 14.3 Å². The van der Waals surface area contributed by atoms with Crippen LogP contribution in [0.15, 0.2) is 18.3 Å². The molecule has 18 heavy (non-hydrogen) atoms. The lowest BCUT2D eigenvalue weighted by molar-refractivity contribution is -0.150. The van der Waals surface area contributed by atoms with E-state index in [0.717, 1.165) is 12.1 Å². The number of methoxy groups -OCH3 is 1. The molecule has 0 aliphatic carbocycles. The number of amides is 1. The first-order valence-electron chi connectivity index (χ1n) is 6.11. The van der Waals surface area contributed by atoms with Gasteiger partial charge in [-0.25, -0.2) is 4.79 Å². The average molecular weight is 250 g/mol. The number of hydrogen-bond acceptors (Lipinski definition) is 3. The van der Waals surface area contributed by atoms with Crippen LogP contribution in [0.5, 0.6) is 0 Å². The number of aromatic nitrogens is 1. The Morgan fingerprint density at radius 1 is 1.50 bits per heavy atom. The zero-order valence-electron chi connectivity index (χ0n) is 10.8. The van der Waals surface area contributed by atoms with Crippen molar-refractivity contribution in [2.45, 2.75) is 25.3 Å². The SMILES string of the molecule is COC(=O)[C@@H]1CCCN1C(=O)Cc1cccn1C. The van der Waals surface area contributed by atoms with Gasteiger partial charge in [-0.1, -0.05) is 0 Å². The van der Waals surface area contributed by atoms with Gasteiger partial charge in [0, 0.05) is 25.5 Å². The normalized spacial score (nSPS) is 19.0. The number of hydrogen-bond donors (Lipinski definition) is 0. The van der Waals surface area contributed by atoms with Crippen LogP contribution in [-0.2, 0) is 27.8 Å². The first-order valence-corrected chi connectivity index (χ1v) is 6.11. The van der Waals surface area contributed by atoms with Crippen LogP contribution in [-0.4, -0.2) is 41.0 Å². The summed E-state index contributed by atoms with van der Waals surface area (Å²) in [5.74, 6) is -0.322. The first-order chi connectivity index (χ1) is 8.63. The van der Waals surface area contributed by atoms with Crippen LogP contribution >= 0.6 is 0 Å². The summed E-state index contributed by atoms with van der Waals surface area (Å²) in [4.78, 5) is 25.4. The molecular formula is C13H18N2O3. The van der Waals surface area contributed by atoms with Gasteiger partial charge < -0.3 is 14.2 Å². The van der Waals surface area contributed by atoms with Gasteiger partial charge in [0.25, 0.3) is 0 Å². The van der Waals surface area contributed by atoms with Crippen LogP contribution in [0.2, 0.25) is 0 Å². The van der Waals surface area contributed by atoms with E-state index in [1.165, 1.54) is 7.11 Å². The molecule has 1 saturated heterocycles. The highest BCUT2D eigenvalue weighted by atomic mass is 16.5. The maximum Gasteiger partial charge on any atom is 0.328 e. The molecule has 0 unspecified atom stereocenters. The summed E-state index contributed by atoms with van der Waals surface area (Å²) in [5, 5.41) is 0. The van der Waals surface area contributed by atoms with Gasteiger partial charge in [0.1, 0.15) is 6.04 Å². The van der Waals surface area contributed by atoms with E-state index >= 15 is 0 Å². The zero-order valence-corrected chi connectivity index (χ0v) is 10.8. The molecule has 5 nitrogen and oxygen atoms in total. The van der Waals surface area contributed by atoms with E-state index in [-0.39, 0.29) is 11.9 Å². The van der Waals surface area contributed by atoms with Crippen molar-refractivity contribution in [3.8, 4) is 0 Å². The number of carbonyl (C=O) groups excluding carboxylic acids is 2. The van der Waals surface area contributed by atoms with Gasteiger partial charge in [-0.05, 0) is 25.0 Å². The molecule has 1 atom stereocenters. The molecule has 0 aromatic carbocycles. The third-order valence-electron chi connectivity index (χ3n) is 3.43. The van der Waals surface area contributed by atoms with E-state index in [1.807, 2.05) is 29.9 Å². The van der Waals surface area contributed by atoms with E-state index in [4.69, 9.17) is 4.74 Å². The molecule has 5 heteroatoms. The summed E-state index contributed by atoms with van der Waals surface area (Å²) in [6, 6.07) is 3.42. The molecule has 98 valence electrons. The molecular weight excluding hydrogens is 232 g/mol. The van der Waals surface area contributed by atoms with Gasteiger partial charge in [-0.15, -0.1) is 0 Å². The lowest BCUT2D eigenvalue weighted by atomic mass is 10.2. The molecule has 0 bridgehead atoms. The van der Waals surface area contributed by atoms with Gasteiger partial charge in [-0.3, -0.25) is 4.79 Å². The smallest absolute Gasteiger partial charge is 0.328 e. The number of esters is 1. The molecule has 1 fully saturated rings. The van der Waals surface area contributed by atoms with Crippen LogP contribution in [0.1, 0.15) is 18.5 Å². The second kappa shape index (κ2) is 5.25. The van der Waals surface area contributed by atoms with Crippen molar-refractivity contribution in [2.75, 3.05) is 13.7 Å². The van der Waals surface area contributed by atoms with E-state index in [0.29, 0.717) is 19.4 Å². The van der Waals surface area contributed by atoms with Crippen molar-refractivity contribution in [3.63, 3.8) is 0 Å². The van der Waals surface area contributed by atoms with Crippen molar-refractivity contribution in [3.05, 3.63) is 24.0 Å². The Bertz CT molecular complexity index is 453. The van der Waals surface area contributed by atoms with E-state index in [9.17, 15) is 9.59 Å². The number of rotatable bonds is 3. The molecule has 0 N–H and O–H groups in total. The van der Waals surface area contributed by atoms with Gasteiger partial charge >= 0.3 is 5.97 Å². The van der Waals surface area contributed by atoms with Crippen LogP contribution in [0.25, 0.3) is 0 Å². The van der Waals surface area contributed by atoms with E-state index < -0.39 is 6.04 Å². The summed E-state index contributed by atoms with van der Waals surface area (Å²) < 4.78 is 6.65. The van der Waals surface area contributed by atoms with Crippen LogP contribution in [0, 0.1) is 0 Å². The van der Waals surface area contributed by atoms with Crippen LogP contribution in [0.3, 0.4) is 0 Å². The molecule has 1 aromatic heterocycles. The van der Waals surface area contributed by atoms with Crippen molar-refractivity contribution in [2.24, 2.45) is 7.05 Å². The highest BCUT2D eigenvalue weighted by Crippen LogP contribution is 2.19. The minimum Gasteiger partial charge on any atom is -0.467 e. The quantitative estimate of drug-likeness (QED) is 0.743. The second-order valence-corrected chi connectivity index (χ2v) is 4.56. The zero-order chi connectivity index (χ0) is 13.1. The summed E-state index contributed by atoms with van der Waals surface area (Å²) in [6.07, 6.45) is 3.80. The number of nitrogens with zero attached hydrogens (tertiary/aromatic N) is 2. The number of ether oxygens (including phenoxy) is 1. The monoisotopic (exact) mass is 250 g/mol. The molecule has 1 aliphatic rings. The molecule has 1 aromatic rings. The number of likely N-dealkylation sites (tertiary alicyclic amines) is 1. The predicted molar refractivity (Wildman–Crippen MR) is 65.9 cm³/mol. The Hall–Kier alpha value is -1.78. The highest BCUT2D eigenvalue weighted by molar-refractivity contribution is 5.86. The third-order valence-corrected chi connectivity index (χ3v) is 3.43. The summed E-state index contributed by atoms with van der Waals surface area (Å²) >= 11 is 0. The van der Waals surface area contributed by atoms with Crippen LogP contribution < -0.4 is 0 Å². The van der Waals surface area contributed by atoms with E-state index in [1.54, 1.807) is 4.90 Å². The van der Waals surface area contributed by atoms with Gasteiger partial charge in [0.05, 0.1) is 13.5 Å². The number of carbonyl (C=O) groups is 2.